The van der Waals surface area contributed by atoms with Gasteiger partial charge in [0.15, 0.2) is 0 Å². The summed E-state index contributed by atoms with van der Waals surface area (Å²) in [6.07, 6.45) is 4.57. The van der Waals surface area contributed by atoms with E-state index in [0.717, 1.165) is 32.5 Å². The highest BCUT2D eigenvalue weighted by molar-refractivity contribution is 5.84. The summed E-state index contributed by atoms with van der Waals surface area (Å²) in [5.74, 6) is 0.259. The molecular weight excluding hydrogens is 188 g/mol. The summed E-state index contributed by atoms with van der Waals surface area (Å²) in [4.78, 5) is 11.8. The molecule has 15 heavy (non-hydrogen) atoms. The van der Waals surface area contributed by atoms with Crippen LogP contribution in [0.25, 0.3) is 0 Å². The molecule has 1 saturated carbocycles. The van der Waals surface area contributed by atoms with Gasteiger partial charge in [0.2, 0.25) is 5.91 Å². The molecule has 1 amide bonds. The van der Waals surface area contributed by atoms with Crippen LogP contribution in [0.1, 0.15) is 39.5 Å². The molecule has 0 aromatic rings. The fourth-order valence-corrected chi connectivity index (χ4v) is 2.19. The molecule has 1 atom stereocenters. The van der Waals surface area contributed by atoms with Crippen LogP contribution in [0.2, 0.25) is 0 Å². The van der Waals surface area contributed by atoms with E-state index < -0.39 is 0 Å². The molecule has 0 bridgehead atoms. The maximum absolute atomic E-state index is 11.8. The highest BCUT2D eigenvalue weighted by Gasteiger charge is 2.45. The summed E-state index contributed by atoms with van der Waals surface area (Å²) in [6.45, 7) is 7.30. The predicted octanol–water partition coefficient (Wildman–Crippen LogP) is 1.29. The minimum Gasteiger partial charge on any atom is -0.355 e. The van der Waals surface area contributed by atoms with Gasteiger partial charge in [0.05, 0.1) is 0 Å². The Morgan fingerprint density at radius 1 is 1.33 bits per heavy atom. The first-order chi connectivity index (χ1) is 7.04. The Bertz CT molecular complexity index is 252. The third kappa shape index (κ3) is 2.51. The van der Waals surface area contributed by atoms with E-state index in [2.05, 4.69) is 24.5 Å². The topological polar surface area (TPSA) is 41.1 Å². The molecule has 2 fully saturated rings. The summed E-state index contributed by atoms with van der Waals surface area (Å²) >= 11 is 0. The van der Waals surface area contributed by atoms with Gasteiger partial charge in [-0.15, -0.1) is 0 Å². The van der Waals surface area contributed by atoms with E-state index in [9.17, 15) is 4.79 Å². The van der Waals surface area contributed by atoms with E-state index in [1.54, 1.807) is 0 Å². The highest BCUT2D eigenvalue weighted by atomic mass is 16.2. The minimum atomic E-state index is -0.0293. The number of hydrogen-bond acceptors (Lipinski definition) is 2. The van der Waals surface area contributed by atoms with Crippen molar-refractivity contribution in [2.24, 2.45) is 10.8 Å². The van der Waals surface area contributed by atoms with E-state index >= 15 is 0 Å². The van der Waals surface area contributed by atoms with Crippen LogP contribution in [-0.2, 0) is 4.79 Å². The van der Waals surface area contributed by atoms with Crippen LogP contribution in [0.3, 0.4) is 0 Å². The fourth-order valence-electron chi connectivity index (χ4n) is 2.19. The number of amides is 1. The Kier molecular flexibility index (Phi) is 2.75. The number of rotatable bonds is 3. The molecule has 1 aliphatic carbocycles. The monoisotopic (exact) mass is 210 g/mol. The lowest BCUT2D eigenvalue weighted by atomic mass is 9.82. The number of nitrogens with one attached hydrogen (secondary N) is 2. The Morgan fingerprint density at radius 2 is 2.07 bits per heavy atom. The van der Waals surface area contributed by atoms with Gasteiger partial charge in [0.1, 0.15) is 0 Å². The Hall–Kier alpha value is -0.570. The molecule has 1 saturated heterocycles. The van der Waals surface area contributed by atoms with Gasteiger partial charge >= 0.3 is 0 Å². The standard InChI is InChI=1S/C12H22N2O/c1-11(4-3-7-13-8-11)9-14-10(15)12(2)5-6-12/h13H,3-9H2,1-2H3,(H,14,15). The predicted molar refractivity (Wildman–Crippen MR) is 60.6 cm³/mol. The van der Waals surface area contributed by atoms with Gasteiger partial charge in [-0.25, -0.2) is 0 Å². The highest BCUT2D eigenvalue weighted by Crippen LogP contribution is 2.45. The van der Waals surface area contributed by atoms with Crippen LogP contribution < -0.4 is 10.6 Å². The van der Waals surface area contributed by atoms with E-state index in [0.29, 0.717) is 0 Å². The number of carbonyl (C=O) groups is 1. The van der Waals surface area contributed by atoms with Gasteiger partial charge in [0, 0.05) is 18.5 Å². The van der Waals surface area contributed by atoms with Crippen LogP contribution in [0.15, 0.2) is 0 Å². The lowest BCUT2D eigenvalue weighted by molar-refractivity contribution is -0.126. The van der Waals surface area contributed by atoms with Gasteiger partial charge < -0.3 is 10.6 Å². The maximum Gasteiger partial charge on any atom is 0.225 e. The molecule has 1 aliphatic heterocycles. The molecule has 0 aromatic carbocycles. The molecule has 2 aliphatic rings. The largest absolute Gasteiger partial charge is 0.355 e. The number of hydrogen-bond donors (Lipinski definition) is 2. The second-order valence-electron chi connectivity index (χ2n) is 5.83. The van der Waals surface area contributed by atoms with Crippen molar-refractivity contribution in [3.05, 3.63) is 0 Å². The average Bonchev–Trinajstić information content (AvgIpc) is 2.96. The zero-order valence-electron chi connectivity index (χ0n) is 9.86. The van der Waals surface area contributed by atoms with E-state index in [4.69, 9.17) is 0 Å². The van der Waals surface area contributed by atoms with Crippen molar-refractivity contribution in [3.8, 4) is 0 Å². The zero-order valence-corrected chi connectivity index (χ0v) is 9.86. The molecule has 0 aromatic heterocycles. The number of piperidine rings is 1. The normalized spacial score (nSPS) is 33.5. The second-order valence-corrected chi connectivity index (χ2v) is 5.83. The van der Waals surface area contributed by atoms with Crippen LogP contribution in [-0.4, -0.2) is 25.5 Å². The Labute approximate surface area is 92.0 Å². The summed E-state index contributed by atoms with van der Waals surface area (Å²) in [5, 5.41) is 6.52. The summed E-state index contributed by atoms with van der Waals surface area (Å²) in [5.41, 5.74) is 0.234. The smallest absolute Gasteiger partial charge is 0.225 e. The van der Waals surface area contributed by atoms with Crippen molar-refractivity contribution < 1.29 is 4.79 Å². The Balaban J connectivity index is 1.79. The van der Waals surface area contributed by atoms with Crippen molar-refractivity contribution in [2.45, 2.75) is 39.5 Å². The number of carbonyl (C=O) groups excluding carboxylic acids is 1. The first kappa shape index (κ1) is 10.9. The van der Waals surface area contributed by atoms with Crippen molar-refractivity contribution in [2.75, 3.05) is 19.6 Å². The van der Waals surface area contributed by atoms with Crippen molar-refractivity contribution in [1.29, 1.82) is 0 Å². The third-order valence-corrected chi connectivity index (χ3v) is 3.91. The molecule has 2 N–H and O–H groups in total. The van der Waals surface area contributed by atoms with Crippen molar-refractivity contribution >= 4 is 5.91 Å². The van der Waals surface area contributed by atoms with Gasteiger partial charge in [-0.1, -0.05) is 13.8 Å². The molecule has 3 heteroatoms. The second kappa shape index (κ2) is 3.78. The summed E-state index contributed by atoms with van der Waals surface area (Å²) in [6, 6.07) is 0. The summed E-state index contributed by atoms with van der Waals surface area (Å²) < 4.78 is 0. The molecule has 1 heterocycles. The van der Waals surface area contributed by atoms with Crippen molar-refractivity contribution in [1.82, 2.24) is 10.6 Å². The van der Waals surface area contributed by atoms with Crippen LogP contribution in [0.5, 0.6) is 0 Å². The molecule has 0 radical (unpaired) electrons. The first-order valence-electron chi connectivity index (χ1n) is 6.03. The van der Waals surface area contributed by atoms with Gasteiger partial charge in [0.25, 0.3) is 0 Å². The van der Waals surface area contributed by atoms with Crippen LogP contribution in [0, 0.1) is 10.8 Å². The first-order valence-corrected chi connectivity index (χ1v) is 6.03. The minimum absolute atomic E-state index is 0.0293. The molecule has 2 rings (SSSR count). The van der Waals surface area contributed by atoms with E-state index in [-0.39, 0.29) is 16.7 Å². The quantitative estimate of drug-likeness (QED) is 0.737. The molecule has 3 nitrogen and oxygen atoms in total. The molecule has 86 valence electrons. The summed E-state index contributed by atoms with van der Waals surface area (Å²) in [7, 11) is 0. The zero-order chi connectivity index (χ0) is 10.9. The lowest BCUT2D eigenvalue weighted by Crippen LogP contribution is -2.46. The molecule has 0 spiro atoms. The van der Waals surface area contributed by atoms with Gasteiger partial charge in [-0.05, 0) is 37.6 Å². The maximum atomic E-state index is 11.8. The fraction of sp³-hybridized carbons (Fsp3) is 0.917. The van der Waals surface area contributed by atoms with Crippen LogP contribution >= 0.6 is 0 Å². The average molecular weight is 210 g/mol. The van der Waals surface area contributed by atoms with Crippen molar-refractivity contribution in [3.63, 3.8) is 0 Å². The van der Waals surface area contributed by atoms with Crippen LogP contribution in [0.4, 0.5) is 0 Å². The van der Waals surface area contributed by atoms with Gasteiger partial charge in [-0.2, -0.15) is 0 Å². The SMILES string of the molecule is CC1(CNC(=O)C2(C)CC2)CCCNC1. The molecule has 1 unspecified atom stereocenters. The third-order valence-electron chi connectivity index (χ3n) is 3.91. The van der Waals surface area contributed by atoms with Gasteiger partial charge in [-0.3, -0.25) is 4.79 Å². The Morgan fingerprint density at radius 3 is 2.60 bits per heavy atom. The lowest BCUT2D eigenvalue weighted by Gasteiger charge is -2.34. The molecular formula is C12H22N2O. The van der Waals surface area contributed by atoms with E-state index in [1.807, 2.05) is 0 Å². The van der Waals surface area contributed by atoms with E-state index in [1.165, 1.54) is 12.8 Å².